The van der Waals surface area contributed by atoms with Gasteiger partial charge in [0.05, 0.1) is 23.6 Å². The van der Waals surface area contributed by atoms with Crippen LogP contribution in [-0.2, 0) is 21.2 Å². The smallest absolute Gasteiger partial charge is 0.243 e. The van der Waals surface area contributed by atoms with Crippen molar-refractivity contribution in [2.24, 2.45) is 0 Å². The third-order valence-corrected chi connectivity index (χ3v) is 9.25. The predicted octanol–water partition coefficient (Wildman–Crippen LogP) is 4.55. The van der Waals surface area contributed by atoms with E-state index in [9.17, 15) is 13.2 Å². The lowest BCUT2D eigenvalue weighted by Crippen LogP contribution is -2.52. The lowest BCUT2D eigenvalue weighted by Gasteiger charge is -2.37. The molecular formula is C29H34ClN3O4S. The summed E-state index contributed by atoms with van der Waals surface area (Å²) in [5, 5.41) is 0.200. The van der Waals surface area contributed by atoms with Crippen molar-refractivity contribution < 1.29 is 17.9 Å². The first kappa shape index (κ1) is 28.0. The van der Waals surface area contributed by atoms with Crippen molar-refractivity contribution in [3.05, 3.63) is 88.4 Å². The normalized spacial score (nSPS) is 14.1. The topological polar surface area (TPSA) is 70.2 Å². The van der Waals surface area contributed by atoms with Crippen molar-refractivity contribution in [1.82, 2.24) is 9.21 Å². The molecule has 0 saturated carbocycles. The standard InChI is InChI=1S/C29H34ClN3O4S/c1-22-8-7-11-27(23(22)2)31-16-18-32(19-17-31)29(34)21-33(15-14-24-9-5-4-6-10-24)38(35,36)25-12-13-28(37-3)26(30)20-25/h4-13,20H,14-19,21H2,1-3H3. The second-order valence-corrected chi connectivity index (χ2v) is 11.8. The monoisotopic (exact) mass is 555 g/mol. The van der Waals surface area contributed by atoms with Crippen LogP contribution in [0.2, 0.25) is 5.02 Å². The number of anilines is 1. The van der Waals surface area contributed by atoms with Crippen LogP contribution in [0.5, 0.6) is 5.75 Å². The number of amides is 1. The van der Waals surface area contributed by atoms with Gasteiger partial charge in [0.15, 0.2) is 0 Å². The molecule has 0 radical (unpaired) electrons. The average molecular weight is 556 g/mol. The Kier molecular flexibility index (Phi) is 8.97. The Hall–Kier alpha value is -3.07. The first-order valence-electron chi connectivity index (χ1n) is 12.7. The number of rotatable bonds is 9. The molecule has 1 fully saturated rings. The molecule has 0 unspecified atom stereocenters. The van der Waals surface area contributed by atoms with Gasteiger partial charge in [-0.25, -0.2) is 8.42 Å². The molecule has 9 heteroatoms. The summed E-state index contributed by atoms with van der Waals surface area (Å²) in [4.78, 5) is 17.5. The maximum atomic E-state index is 13.7. The molecule has 1 saturated heterocycles. The molecule has 3 aromatic rings. The van der Waals surface area contributed by atoms with E-state index in [1.807, 2.05) is 30.3 Å². The minimum absolute atomic E-state index is 0.0314. The zero-order chi connectivity index (χ0) is 27.3. The number of sulfonamides is 1. The molecule has 1 amide bonds. The van der Waals surface area contributed by atoms with Gasteiger partial charge in [0.25, 0.3) is 0 Å². The van der Waals surface area contributed by atoms with E-state index in [-0.39, 0.29) is 28.9 Å². The van der Waals surface area contributed by atoms with E-state index in [1.165, 1.54) is 46.4 Å². The minimum Gasteiger partial charge on any atom is -0.495 e. The van der Waals surface area contributed by atoms with Crippen molar-refractivity contribution in [2.45, 2.75) is 25.2 Å². The van der Waals surface area contributed by atoms with Gasteiger partial charge in [-0.05, 0) is 61.2 Å². The van der Waals surface area contributed by atoms with E-state index in [0.29, 0.717) is 38.3 Å². The fourth-order valence-corrected chi connectivity index (χ4v) is 6.40. The molecule has 4 rings (SSSR count). The van der Waals surface area contributed by atoms with E-state index in [4.69, 9.17) is 16.3 Å². The van der Waals surface area contributed by atoms with E-state index in [0.717, 1.165) is 5.56 Å². The van der Waals surface area contributed by atoms with E-state index in [1.54, 1.807) is 4.90 Å². The molecule has 1 aliphatic heterocycles. The highest BCUT2D eigenvalue weighted by Crippen LogP contribution is 2.29. The Bertz CT molecular complexity index is 1370. The Morgan fingerprint density at radius 3 is 2.34 bits per heavy atom. The summed E-state index contributed by atoms with van der Waals surface area (Å²) in [6, 6.07) is 20.3. The Morgan fingerprint density at radius 2 is 1.68 bits per heavy atom. The summed E-state index contributed by atoms with van der Waals surface area (Å²) in [5.41, 5.74) is 4.65. The molecule has 0 aliphatic carbocycles. The number of carbonyl (C=O) groups excluding carboxylic acids is 1. The molecule has 0 spiro atoms. The zero-order valence-electron chi connectivity index (χ0n) is 22.1. The van der Waals surface area contributed by atoms with E-state index in [2.05, 4.69) is 36.9 Å². The number of piperazine rings is 1. The molecule has 0 atom stereocenters. The van der Waals surface area contributed by atoms with Crippen molar-refractivity contribution in [3.63, 3.8) is 0 Å². The fourth-order valence-electron chi connectivity index (χ4n) is 4.67. The molecule has 3 aromatic carbocycles. The van der Waals surface area contributed by atoms with Gasteiger partial charge in [-0.1, -0.05) is 54.1 Å². The number of methoxy groups -OCH3 is 1. The molecule has 1 aliphatic rings. The maximum absolute atomic E-state index is 13.7. The van der Waals surface area contributed by atoms with Gasteiger partial charge >= 0.3 is 0 Å². The predicted molar refractivity (Wildman–Crippen MR) is 152 cm³/mol. The highest BCUT2D eigenvalue weighted by Gasteiger charge is 2.30. The molecule has 7 nitrogen and oxygen atoms in total. The number of hydrogen-bond acceptors (Lipinski definition) is 5. The number of carbonyl (C=O) groups is 1. The Balaban J connectivity index is 1.50. The van der Waals surface area contributed by atoms with Gasteiger partial charge in [-0.15, -0.1) is 0 Å². The van der Waals surface area contributed by atoms with Crippen LogP contribution >= 0.6 is 11.6 Å². The first-order chi connectivity index (χ1) is 18.2. The second kappa shape index (κ2) is 12.2. The summed E-state index contributed by atoms with van der Waals surface area (Å²) < 4.78 is 33.8. The van der Waals surface area contributed by atoms with Crippen molar-refractivity contribution in [1.29, 1.82) is 0 Å². The minimum atomic E-state index is -3.98. The molecule has 38 heavy (non-hydrogen) atoms. The van der Waals surface area contributed by atoms with Crippen LogP contribution in [0.1, 0.15) is 16.7 Å². The number of nitrogens with zero attached hydrogens (tertiary/aromatic N) is 3. The molecule has 0 N–H and O–H groups in total. The number of ether oxygens (including phenoxy) is 1. The second-order valence-electron chi connectivity index (χ2n) is 9.46. The Morgan fingerprint density at radius 1 is 0.974 bits per heavy atom. The highest BCUT2D eigenvalue weighted by atomic mass is 35.5. The molecule has 0 aromatic heterocycles. The van der Waals surface area contributed by atoms with Crippen molar-refractivity contribution in [2.75, 3.05) is 51.3 Å². The summed E-state index contributed by atoms with van der Waals surface area (Å²) in [6.45, 7) is 6.61. The van der Waals surface area contributed by atoms with Crippen LogP contribution in [0.3, 0.4) is 0 Å². The Labute approximate surface area is 230 Å². The SMILES string of the molecule is COc1ccc(S(=O)(=O)N(CCc2ccccc2)CC(=O)N2CCN(c3cccc(C)c3C)CC2)cc1Cl. The number of benzene rings is 3. The first-order valence-corrected chi connectivity index (χ1v) is 14.5. The molecule has 1 heterocycles. The van der Waals surface area contributed by atoms with E-state index >= 15 is 0 Å². The van der Waals surface area contributed by atoms with Crippen LogP contribution in [0.25, 0.3) is 0 Å². The summed E-state index contributed by atoms with van der Waals surface area (Å²) in [7, 11) is -2.51. The molecule has 202 valence electrons. The van der Waals surface area contributed by atoms with Gasteiger partial charge in [0.1, 0.15) is 5.75 Å². The molecule has 0 bridgehead atoms. The van der Waals surface area contributed by atoms with E-state index < -0.39 is 10.0 Å². The fraction of sp³-hybridized carbons (Fsp3) is 0.345. The highest BCUT2D eigenvalue weighted by molar-refractivity contribution is 7.89. The largest absolute Gasteiger partial charge is 0.495 e. The summed E-state index contributed by atoms with van der Waals surface area (Å²) >= 11 is 6.24. The third-order valence-electron chi connectivity index (χ3n) is 7.11. The van der Waals surface area contributed by atoms with Gasteiger partial charge < -0.3 is 14.5 Å². The van der Waals surface area contributed by atoms with Gasteiger partial charge in [0, 0.05) is 38.4 Å². The van der Waals surface area contributed by atoms with Crippen LogP contribution in [0.4, 0.5) is 5.69 Å². The molecular weight excluding hydrogens is 522 g/mol. The number of hydrogen-bond donors (Lipinski definition) is 0. The van der Waals surface area contributed by atoms with Crippen LogP contribution in [-0.4, -0.2) is 69.9 Å². The maximum Gasteiger partial charge on any atom is 0.243 e. The van der Waals surface area contributed by atoms with Gasteiger partial charge in [-0.2, -0.15) is 4.31 Å². The summed E-state index contributed by atoms with van der Waals surface area (Å²) in [5.74, 6) is 0.182. The third kappa shape index (κ3) is 6.31. The lowest BCUT2D eigenvalue weighted by atomic mass is 10.1. The summed E-state index contributed by atoms with van der Waals surface area (Å²) in [6.07, 6.45) is 0.484. The number of aryl methyl sites for hydroxylation is 1. The van der Waals surface area contributed by atoms with Crippen LogP contribution in [0, 0.1) is 13.8 Å². The van der Waals surface area contributed by atoms with Crippen molar-refractivity contribution in [3.8, 4) is 5.75 Å². The average Bonchev–Trinajstić information content (AvgIpc) is 2.93. The lowest BCUT2D eigenvalue weighted by molar-refractivity contribution is -0.131. The van der Waals surface area contributed by atoms with Gasteiger partial charge in [-0.3, -0.25) is 4.79 Å². The quantitative estimate of drug-likeness (QED) is 0.387. The zero-order valence-corrected chi connectivity index (χ0v) is 23.6. The van der Waals surface area contributed by atoms with Crippen LogP contribution in [0.15, 0.2) is 71.6 Å². The van der Waals surface area contributed by atoms with Gasteiger partial charge in [0.2, 0.25) is 15.9 Å². The number of halogens is 1. The van der Waals surface area contributed by atoms with Crippen LogP contribution < -0.4 is 9.64 Å². The van der Waals surface area contributed by atoms with Crippen molar-refractivity contribution >= 4 is 33.2 Å².